The largest absolute Gasteiger partial charge is 0.481 e. The van der Waals surface area contributed by atoms with Gasteiger partial charge in [0.25, 0.3) is 5.56 Å². The Bertz CT molecular complexity index is 450. The molecule has 15 heavy (non-hydrogen) atoms. The van der Waals surface area contributed by atoms with Gasteiger partial charge in [0, 0.05) is 12.1 Å². The average molecular weight is 208 g/mol. The molecular weight excluding hydrogens is 196 g/mol. The summed E-state index contributed by atoms with van der Waals surface area (Å²) in [7, 11) is 0. The maximum atomic E-state index is 11.8. The molecule has 5 heteroatoms. The zero-order valence-corrected chi connectivity index (χ0v) is 8.27. The van der Waals surface area contributed by atoms with Crippen LogP contribution in [-0.2, 0) is 24.2 Å². The van der Waals surface area contributed by atoms with Gasteiger partial charge in [-0.05, 0) is 19.3 Å². The molecule has 0 saturated carbocycles. The number of rotatable bonds is 3. The molecule has 1 aromatic heterocycles. The topological polar surface area (TPSA) is 72.2 Å². The lowest BCUT2D eigenvalue weighted by atomic mass is 10.2. The molecule has 0 fully saturated rings. The molecule has 1 aliphatic carbocycles. The van der Waals surface area contributed by atoms with E-state index in [1.54, 1.807) is 0 Å². The molecule has 2 rings (SSSR count). The van der Waals surface area contributed by atoms with Crippen LogP contribution in [0.4, 0.5) is 0 Å². The first-order valence-corrected chi connectivity index (χ1v) is 4.97. The summed E-state index contributed by atoms with van der Waals surface area (Å²) in [5, 5.41) is 8.52. The van der Waals surface area contributed by atoms with E-state index in [0.29, 0.717) is 0 Å². The molecule has 0 atom stereocenters. The van der Waals surface area contributed by atoms with Crippen LogP contribution < -0.4 is 5.56 Å². The molecule has 1 heterocycles. The Labute approximate surface area is 86.4 Å². The van der Waals surface area contributed by atoms with Crippen molar-refractivity contribution in [3.8, 4) is 0 Å². The maximum Gasteiger partial charge on any atom is 0.305 e. The van der Waals surface area contributed by atoms with Crippen molar-refractivity contribution < 1.29 is 9.90 Å². The van der Waals surface area contributed by atoms with Gasteiger partial charge in [0.15, 0.2) is 0 Å². The lowest BCUT2D eigenvalue weighted by Gasteiger charge is -2.05. The van der Waals surface area contributed by atoms with Crippen LogP contribution in [0.15, 0.2) is 11.1 Å². The van der Waals surface area contributed by atoms with Gasteiger partial charge in [-0.25, -0.2) is 4.98 Å². The number of carbonyl (C=O) groups is 1. The van der Waals surface area contributed by atoms with Crippen LogP contribution in [0.25, 0.3) is 0 Å². The molecule has 0 aromatic carbocycles. The number of aromatic nitrogens is 2. The number of hydrogen-bond donors (Lipinski definition) is 1. The van der Waals surface area contributed by atoms with Crippen LogP contribution in [0.5, 0.6) is 0 Å². The normalized spacial score (nSPS) is 13.9. The van der Waals surface area contributed by atoms with Crippen molar-refractivity contribution in [2.75, 3.05) is 0 Å². The number of aliphatic carboxylic acids is 1. The Balaban J connectivity index is 2.27. The number of fused-ring (bicyclic) bond motifs is 1. The van der Waals surface area contributed by atoms with Crippen LogP contribution in [0.1, 0.15) is 24.1 Å². The third kappa shape index (κ3) is 1.91. The van der Waals surface area contributed by atoms with E-state index in [9.17, 15) is 9.59 Å². The standard InChI is InChI=1S/C10H12N2O3/c13-9(14)4-5-12-6-11-8-3-1-2-7(8)10(12)15/h6H,1-5H2,(H,13,14). The maximum absolute atomic E-state index is 11.8. The highest BCUT2D eigenvalue weighted by Gasteiger charge is 2.17. The van der Waals surface area contributed by atoms with Gasteiger partial charge in [-0.1, -0.05) is 0 Å². The second-order valence-electron chi connectivity index (χ2n) is 3.67. The highest BCUT2D eigenvalue weighted by Crippen LogP contribution is 2.14. The van der Waals surface area contributed by atoms with Crippen molar-refractivity contribution in [2.24, 2.45) is 0 Å². The predicted octanol–water partition coefficient (Wildman–Crippen LogP) is 0.207. The van der Waals surface area contributed by atoms with Crippen molar-refractivity contribution in [1.82, 2.24) is 9.55 Å². The van der Waals surface area contributed by atoms with Crippen LogP contribution in [0.2, 0.25) is 0 Å². The van der Waals surface area contributed by atoms with E-state index < -0.39 is 5.97 Å². The van der Waals surface area contributed by atoms with Crippen molar-refractivity contribution in [1.29, 1.82) is 0 Å². The molecule has 0 aliphatic heterocycles. The second-order valence-corrected chi connectivity index (χ2v) is 3.67. The molecule has 0 spiro atoms. The second kappa shape index (κ2) is 3.84. The van der Waals surface area contributed by atoms with Crippen LogP contribution in [0.3, 0.4) is 0 Å². The zero-order chi connectivity index (χ0) is 10.8. The highest BCUT2D eigenvalue weighted by atomic mass is 16.4. The fourth-order valence-corrected chi connectivity index (χ4v) is 1.84. The van der Waals surface area contributed by atoms with Crippen LogP contribution >= 0.6 is 0 Å². The van der Waals surface area contributed by atoms with Crippen LogP contribution in [-0.4, -0.2) is 20.6 Å². The molecular formula is C10H12N2O3. The predicted molar refractivity (Wildman–Crippen MR) is 52.8 cm³/mol. The summed E-state index contributed by atoms with van der Waals surface area (Å²) in [4.78, 5) is 26.4. The molecule has 0 amide bonds. The van der Waals surface area contributed by atoms with Crippen LogP contribution in [0, 0.1) is 0 Å². The highest BCUT2D eigenvalue weighted by molar-refractivity contribution is 5.66. The van der Waals surface area contributed by atoms with E-state index in [1.165, 1.54) is 10.9 Å². The Morgan fingerprint density at radius 1 is 1.53 bits per heavy atom. The monoisotopic (exact) mass is 208 g/mol. The van der Waals surface area contributed by atoms with Gasteiger partial charge in [-0.2, -0.15) is 0 Å². The van der Waals surface area contributed by atoms with Gasteiger partial charge in [-0.15, -0.1) is 0 Å². The Morgan fingerprint density at radius 2 is 2.33 bits per heavy atom. The van der Waals surface area contributed by atoms with Crippen molar-refractivity contribution >= 4 is 5.97 Å². The van der Waals surface area contributed by atoms with Gasteiger partial charge in [-0.3, -0.25) is 14.2 Å². The number of aryl methyl sites for hydroxylation is 2. The average Bonchev–Trinajstić information content (AvgIpc) is 2.65. The van der Waals surface area contributed by atoms with Gasteiger partial charge >= 0.3 is 5.97 Å². The Morgan fingerprint density at radius 3 is 3.07 bits per heavy atom. The molecule has 1 aliphatic rings. The SMILES string of the molecule is O=C(O)CCn1cnc2c(c1=O)CCC2. The molecule has 0 saturated heterocycles. The van der Waals surface area contributed by atoms with E-state index >= 15 is 0 Å². The first-order valence-electron chi connectivity index (χ1n) is 4.97. The Hall–Kier alpha value is -1.65. The lowest BCUT2D eigenvalue weighted by Crippen LogP contribution is -2.25. The van der Waals surface area contributed by atoms with Crippen molar-refractivity contribution in [2.45, 2.75) is 32.2 Å². The third-order valence-corrected chi connectivity index (χ3v) is 2.63. The summed E-state index contributed by atoms with van der Waals surface area (Å²) >= 11 is 0. The van der Waals surface area contributed by atoms with Crippen molar-refractivity contribution in [3.05, 3.63) is 27.9 Å². The zero-order valence-electron chi connectivity index (χ0n) is 8.27. The molecule has 0 bridgehead atoms. The van der Waals surface area contributed by atoms with E-state index in [1.807, 2.05) is 0 Å². The molecule has 80 valence electrons. The minimum absolute atomic E-state index is 0.0413. The summed E-state index contributed by atoms with van der Waals surface area (Å²) in [6, 6.07) is 0. The van der Waals surface area contributed by atoms with Gasteiger partial charge in [0.05, 0.1) is 18.4 Å². The number of nitrogens with zero attached hydrogens (tertiary/aromatic N) is 2. The smallest absolute Gasteiger partial charge is 0.305 e. The van der Waals surface area contributed by atoms with E-state index in [-0.39, 0.29) is 18.5 Å². The first-order chi connectivity index (χ1) is 7.18. The molecule has 0 unspecified atom stereocenters. The summed E-state index contributed by atoms with van der Waals surface area (Å²) in [6.07, 6.45) is 4.02. The molecule has 0 radical (unpaired) electrons. The number of carboxylic acids is 1. The molecule has 1 N–H and O–H groups in total. The van der Waals surface area contributed by atoms with E-state index in [0.717, 1.165) is 30.5 Å². The lowest BCUT2D eigenvalue weighted by molar-refractivity contribution is -0.137. The third-order valence-electron chi connectivity index (χ3n) is 2.63. The van der Waals surface area contributed by atoms with Crippen molar-refractivity contribution in [3.63, 3.8) is 0 Å². The fraction of sp³-hybridized carbons (Fsp3) is 0.500. The summed E-state index contributed by atoms with van der Waals surface area (Å²) in [6.45, 7) is 0.203. The quantitative estimate of drug-likeness (QED) is 0.770. The number of carboxylic acid groups (broad SMARTS) is 1. The summed E-state index contributed by atoms with van der Waals surface area (Å²) < 4.78 is 1.39. The van der Waals surface area contributed by atoms with Gasteiger partial charge < -0.3 is 5.11 Å². The fourth-order valence-electron chi connectivity index (χ4n) is 1.84. The van der Waals surface area contributed by atoms with Gasteiger partial charge in [0.1, 0.15) is 0 Å². The van der Waals surface area contributed by atoms with Gasteiger partial charge in [0.2, 0.25) is 0 Å². The molecule has 5 nitrogen and oxygen atoms in total. The van der Waals surface area contributed by atoms with E-state index in [4.69, 9.17) is 5.11 Å². The molecule has 1 aromatic rings. The minimum Gasteiger partial charge on any atom is -0.481 e. The Kier molecular flexibility index (Phi) is 2.53. The minimum atomic E-state index is -0.901. The number of hydrogen-bond acceptors (Lipinski definition) is 3. The first kappa shape index (κ1) is 9.89. The van der Waals surface area contributed by atoms with E-state index in [2.05, 4.69) is 4.98 Å². The summed E-state index contributed by atoms with van der Waals surface area (Å²) in [5.41, 5.74) is 1.58. The summed E-state index contributed by atoms with van der Waals surface area (Å²) in [5.74, 6) is -0.901.